The fourth-order valence-corrected chi connectivity index (χ4v) is 4.89. The molecule has 7 nitrogen and oxygen atoms in total. The predicted octanol–water partition coefficient (Wildman–Crippen LogP) is 5.41. The van der Waals surface area contributed by atoms with Crippen LogP contribution in [-0.4, -0.2) is 42.5 Å². The summed E-state index contributed by atoms with van der Waals surface area (Å²) in [4.78, 5) is 24.3. The van der Waals surface area contributed by atoms with Gasteiger partial charge < -0.3 is 25.6 Å². The molecule has 4 N–H and O–H groups in total. The van der Waals surface area contributed by atoms with Crippen molar-refractivity contribution in [3.05, 3.63) is 52.4 Å². The number of amides is 2. The number of allylic oxidation sites excluding steroid dienone is 1. The van der Waals surface area contributed by atoms with Gasteiger partial charge in [-0.3, -0.25) is 4.79 Å². The van der Waals surface area contributed by atoms with Gasteiger partial charge in [-0.05, 0) is 56.9 Å². The van der Waals surface area contributed by atoms with Gasteiger partial charge in [0.2, 0.25) is 0 Å². The van der Waals surface area contributed by atoms with Crippen molar-refractivity contribution in [3.8, 4) is 0 Å². The van der Waals surface area contributed by atoms with E-state index < -0.39 is 70.9 Å². The minimum absolute atomic E-state index is 0.186. The number of aliphatic hydroxyl groups is 1. The summed E-state index contributed by atoms with van der Waals surface area (Å²) >= 11 is 0. The van der Waals surface area contributed by atoms with Gasteiger partial charge >= 0.3 is 6.09 Å². The largest absolute Gasteiger partial charge is 0.442 e. The van der Waals surface area contributed by atoms with Gasteiger partial charge in [0.25, 0.3) is 5.91 Å². The van der Waals surface area contributed by atoms with Crippen molar-refractivity contribution in [2.24, 2.45) is 23.5 Å². The molecule has 1 aromatic rings. The van der Waals surface area contributed by atoms with Crippen LogP contribution in [0.4, 0.5) is 23.7 Å². The maximum Gasteiger partial charge on any atom is 0.405 e. The lowest BCUT2D eigenvalue weighted by molar-refractivity contribution is -0.112. The number of rotatable bonds is 2. The highest BCUT2D eigenvalue weighted by Gasteiger charge is 2.30. The van der Waals surface area contributed by atoms with Crippen molar-refractivity contribution in [3.63, 3.8) is 0 Å². The second-order valence-corrected chi connectivity index (χ2v) is 10.3. The summed E-state index contributed by atoms with van der Waals surface area (Å²) in [6.45, 7) is 8.66. The number of aliphatic hydroxyl groups excluding tert-OH is 1. The van der Waals surface area contributed by atoms with E-state index in [0.717, 1.165) is 0 Å². The highest BCUT2D eigenvalue weighted by molar-refractivity contribution is 6.03. The van der Waals surface area contributed by atoms with E-state index in [2.05, 4.69) is 5.32 Å². The first-order chi connectivity index (χ1) is 17.8. The molecule has 0 saturated carbocycles. The Hall–Kier alpha value is -2.85. The summed E-state index contributed by atoms with van der Waals surface area (Å²) in [5, 5.41) is 13.4. The Kier molecular flexibility index (Phi) is 11.4. The van der Waals surface area contributed by atoms with Crippen molar-refractivity contribution < 1.29 is 37.3 Å². The highest BCUT2D eigenvalue weighted by Crippen LogP contribution is 2.30. The molecular formula is C28H39F3N2O5. The van der Waals surface area contributed by atoms with Gasteiger partial charge in [0, 0.05) is 30.2 Å². The first-order valence-electron chi connectivity index (χ1n) is 12.8. The van der Waals surface area contributed by atoms with Crippen LogP contribution in [0, 0.1) is 35.2 Å². The minimum atomic E-state index is -1.32. The summed E-state index contributed by atoms with van der Waals surface area (Å²) in [5.41, 5.74) is 5.32. The molecule has 0 radical (unpaired) electrons. The summed E-state index contributed by atoms with van der Waals surface area (Å²) in [7, 11) is 1.42. The number of anilines is 1. The Bertz CT molecular complexity index is 1080. The zero-order valence-corrected chi connectivity index (χ0v) is 22.8. The second-order valence-electron chi connectivity index (χ2n) is 10.3. The lowest BCUT2D eigenvalue weighted by Gasteiger charge is -2.29. The molecule has 1 heterocycles. The van der Waals surface area contributed by atoms with Crippen LogP contribution in [-0.2, 0) is 20.7 Å². The van der Waals surface area contributed by atoms with Crippen LogP contribution in [0.3, 0.4) is 0 Å². The number of carbonyl (C=O) groups excluding carboxylic acids is 2. The van der Waals surface area contributed by atoms with E-state index in [0.29, 0.717) is 24.5 Å². The second kappa shape index (κ2) is 13.8. The average molecular weight is 541 g/mol. The number of methoxy groups -OCH3 is 1. The molecule has 2 amide bonds. The number of nitrogens with one attached hydrogen (secondary N) is 1. The molecule has 0 fully saturated rings. The molecule has 0 saturated heterocycles. The first-order valence-corrected chi connectivity index (χ1v) is 12.8. The van der Waals surface area contributed by atoms with Gasteiger partial charge in [-0.2, -0.15) is 0 Å². The molecular weight excluding hydrogens is 501 g/mol. The molecule has 0 spiro atoms. The number of benzene rings is 1. The van der Waals surface area contributed by atoms with E-state index in [1.807, 2.05) is 6.92 Å². The molecule has 10 heteroatoms. The minimum Gasteiger partial charge on any atom is -0.442 e. The molecule has 6 atom stereocenters. The summed E-state index contributed by atoms with van der Waals surface area (Å²) < 4.78 is 55.1. The van der Waals surface area contributed by atoms with Crippen LogP contribution in [0.25, 0.3) is 0 Å². The molecule has 38 heavy (non-hydrogen) atoms. The molecule has 1 aliphatic rings. The Balaban J connectivity index is 2.53. The highest BCUT2D eigenvalue weighted by atomic mass is 19.2. The molecule has 212 valence electrons. The number of hydrogen-bond donors (Lipinski definition) is 3. The van der Waals surface area contributed by atoms with Crippen molar-refractivity contribution in [1.82, 2.24) is 0 Å². The first kappa shape index (κ1) is 31.4. The molecule has 0 aliphatic carbocycles. The van der Waals surface area contributed by atoms with Gasteiger partial charge in [0.15, 0.2) is 17.5 Å². The maximum absolute atomic E-state index is 15.2. The number of hydrogen-bond acceptors (Lipinski definition) is 5. The number of carbonyl (C=O) groups is 2. The van der Waals surface area contributed by atoms with E-state index in [9.17, 15) is 23.5 Å². The van der Waals surface area contributed by atoms with E-state index in [4.69, 9.17) is 15.2 Å². The van der Waals surface area contributed by atoms with Crippen molar-refractivity contribution in [2.45, 2.75) is 78.6 Å². The summed E-state index contributed by atoms with van der Waals surface area (Å²) in [6, 6.07) is 0.623. The Morgan fingerprint density at radius 2 is 1.82 bits per heavy atom. The van der Waals surface area contributed by atoms with Gasteiger partial charge in [0.05, 0.1) is 17.9 Å². The van der Waals surface area contributed by atoms with Gasteiger partial charge in [-0.15, -0.1) is 0 Å². The quantitative estimate of drug-likeness (QED) is 0.343. The van der Waals surface area contributed by atoms with E-state index in [1.54, 1.807) is 32.9 Å². The van der Waals surface area contributed by atoms with Crippen LogP contribution in [0.5, 0.6) is 0 Å². The molecule has 0 aromatic heterocycles. The predicted molar refractivity (Wildman–Crippen MR) is 139 cm³/mol. The van der Waals surface area contributed by atoms with E-state index in [-0.39, 0.29) is 24.3 Å². The third kappa shape index (κ3) is 8.07. The van der Waals surface area contributed by atoms with Crippen molar-refractivity contribution in [2.75, 3.05) is 12.4 Å². The normalized spacial score (nSPS) is 30.9. The number of primary amides is 1. The Morgan fingerprint density at radius 3 is 2.42 bits per heavy atom. The zero-order chi connectivity index (χ0) is 28.7. The summed E-state index contributed by atoms with van der Waals surface area (Å²) in [6.07, 6.45) is 1.08. The number of fused-ring (bicyclic) bond motifs is 2. The van der Waals surface area contributed by atoms with Crippen LogP contribution in [0.1, 0.15) is 59.4 Å². The van der Waals surface area contributed by atoms with Crippen LogP contribution in [0.15, 0.2) is 29.4 Å². The van der Waals surface area contributed by atoms with Crippen LogP contribution in [0.2, 0.25) is 0 Å². The third-order valence-corrected chi connectivity index (χ3v) is 7.07. The number of ether oxygens (including phenoxy) is 2. The standard InChI is InChI=1S/C28H39F3N2O5/c1-14-10-19-23(30)20(29)13-21(24(19)31)33-27(35)16(3)9-7-8-15(2)26(38-28(32)36)18(5)12-17(4)25(34)22(11-14)37-6/h9,12-15,17,22,25-26,34H,7-8,10-11H2,1-6H3,(H2,32,36)(H,33,35)/b16-9+,18-12+/t14-,15+,17+,22+,25-,26-/m1/s1. The molecule has 2 bridgehead atoms. The molecule has 1 aromatic carbocycles. The fourth-order valence-electron chi connectivity index (χ4n) is 4.89. The lowest BCUT2D eigenvalue weighted by atomic mass is 9.87. The van der Waals surface area contributed by atoms with Gasteiger partial charge in [0.1, 0.15) is 6.10 Å². The zero-order valence-electron chi connectivity index (χ0n) is 22.8. The lowest BCUT2D eigenvalue weighted by Crippen LogP contribution is -2.35. The van der Waals surface area contributed by atoms with Crippen molar-refractivity contribution in [1.29, 1.82) is 0 Å². The number of halogens is 3. The van der Waals surface area contributed by atoms with Crippen LogP contribution < -0.4 is 11.1 Å². The maximum atomic E-state index is 15.2. The Labute approximate surface area is 222 Å². The van der Waals surface area contributed by atoms with Crippen LogP contribution >= 0.6 is 0 Å². The Morgan fingerprint density at radius 1 is 1.16 bits per heavy atom. The third-order valence-electron chi connectivity index (χ3n) is 7.07. The van der Waals surface area contributed by atoms with E-state index in [1.165, 1.54) is 14.0 Å². The van der Waals surface area contributed by atoms with Gasteiger partial charge in [-0.25, -0.2) is 18.0 Å². The summed E-state index contributed by atoms with van der Waals surface area (Å²) in [5.74, 6) is -5.34. The molecule has 0 unspecified atom stereocenters. The monoisotopic (exact) mass is 540 g/mol. The molecule has 1 aliphatic heterocycles. The smallest absolute Gasteiger partial charge is 0.405 e. The molecule has 2 rings (SSSR count). The number of nitrogens with two attached hydrogens (primary N) is 1. The average Bonchev–Trinajstić information content (AvgIpc) is 2.85. The van der Waals surface area contributed by atoms with Gasteiger partial charge in [-0.1, -0.05) is 32.9 Å². The van der Waals surface area contributed by atoms with E-state index >= 15 is 4.39 Å². The van der Waals surface area contributed by atoms with Crippen molar-refractivity contribution >= 4 is 17.7 Å². The topological polar surface area (TPSA) is 111 Å². The fraction of sp³-hybridized carbons (Fsp3) is 0.571. The SMILES string of the molecule is CO[C@H]1C[C@H](C)Cc2c(F)c(F)cc(c2F)NC(=O)/C(C)=C/CC[C@H](C)[C@@H](OC(N)=O)/C(C)=C/[C@H](C)[C@H]1O.